The lowest BCUT2D eigenvalue weighted by atomic mass is 10.3. The van der Waals surface area contributed by atoms with E-state index >= 15 is 0 Å². The third-order valence-corrected chi connectivity index (χ3v) is 2.01. The summed E-state index contributed by atoms with van der Waals surface area (Å²) in [6.45, 7) is 12.2. The molecule has 0 N–H and O–H groups in total. The summed E-state index contributed by atoms with van der Waals surface area (Å²) >= 11 is 0. The molecule has 0 saturated carbocycles. The lowest BCUT2D eigenvalue weighted by Crippen LogP contribution is -2.39. The van der Waals surface area contributed by atoms with Crippen LogP contribution in [0.15, 0.2) is 24.3 Å². The summed E-state index contributed by atoms with van der Waals surface area (Å²) in [7, 11) is 0. The monoisotopic (exact) mass is 166 g/mol. The molecule has 68 valence electrons. The zero-order chi connectivity index (χ0) is 8.97. The Kier molecular flexibility index (Phi) is 3.50. The molecular weight excluding hydrogens is 148 g/mol. The maximum Gasteiger partial charge on any atom is 0.0357 e. The summed E-state index contributed by atoms with van der Waals surface area (Å²) in [5.41, 5.74) is 1.34. The summed E-state index contributed by atoms with van der Waals surface area (Å²) in [4.78, 5) is 0. The van der Waals surface area contributed by atoms with Gasteiger partial charge in [0.25, 0.3) is 0 Å². The van der Waals surface area contributed by atoms with Crippen molar-refractivity contribution in [3.05, 3.63) is 24.3 Å². The standard InChI is InChI=1S/C8H12N2.C2H6/c1-8-6-9-4-2-3-5-10(9)7-8;1-2/h2-3H,1,4-7H2;1-2H3. The molecule has 1 saturated heterocycles. The number of hydrogen-bond acceptors (Lipinski definition) is 2. The van der Waals surface area contributed by atoms with E-state index in [9.17, 15) is 0 Å². The first kappa shape index (κ1) is 9.49. The van der Waals surface area contributed by atoms with Crippen molar-refractivity contribution in [3.63, 3.8) is 0 Å². The van der Waals surface area contributed by atoms with Gasteiger partial charge in [0, 0.05) is 26.2 Å². The third-order valence-electron chi connectivity index (χ3n) is 2.01. The van der Waals surface area contributed by atoms with Crippen LogP contribution >= 0.6 is 0 Å². The van der Waals surface area contributed by atoms with Gasteiger partial charge in [0.1, 0.15) is 0 Å². The van der Waals surface area contributed by atoms with Crippen LogP contribution in [-0.4, -0.2) is 36.2 Å². The first-order valence-corrected chi connectivity index (χ1v) is 4.68. The van der Waals surface area contributed by atoms with Gasteiger partial charge >= 0.3 is 0 Å². The fourth-order valence-electron chi connectivity index (χ4n) is 1.52. The molecule has 1 fully saturated rings. The highest BCUT2D eigenvalue weighted by molar-refractivity contribution is 5.09. The molecule has 2 heterocycles. The molecule has 2 rings (SSSR count). The molecule has 0 aliphatic carbocycles. The second kappa shape index (κ2) is 4.43. The molecule has 0 radical (unpaired) electrons. The van der Waals surface area contributed by atoms with Gasteiger partial charge in [-0.2, -0.15) is 0 Å². The molecule has 0 aromatic rings. The van der Waals surface area contributed by atoms with Gasteiger partial charge in [-0.05, 0) is 5.57 Å². The molecule has 0 amide bonds. The van der Waals surface area contributed by atoms with Gasteiger partial charge in [-0.25, -0.2) is 10.0 Å². The Balaban J connectivity index is 0.000000336. The second-order valence-corrected chi connectivity index (χ2v) is 2.92. The molecule has 0 aromatic carbocycles. The molecule has 0 spiro atoms. The normalized spacial score (nSPS) is 23.3. The Morgan fingerprint density at radius 2 is 1.50 bits per heavy atom. The number of hydrazine groups is 1. The van der Waals surface area contributed by atoms with Gasteiger partial charge in [-0.1, -0.05) is 32.6 Å². The van der Waals surface area contributed by atoms with Gasteiger partial charge in [0.15, 0.2) is 0 Å². The summed E-state index contributed by atoms with van der Waals surface area (Å²) in [5, 5.41) is 4.67. The van der Waals surface area contributed by atoms with Crippen molar-refractivity contribution < 1.29 is 0 Å². The van der Waals surface area contributed by atoms with E-state index in [1.165, 1.54) is 5.57 Å². The van der Waals surface area contributed by atoms with Crippen LogP contribution in [-0.2, 0) is 0 Å². The topological polar surface area (TPSA) is 6.48 Å². The van der Waals surface area contributed by atoms with Crippen LogP contribution in [0.3, 0.4) is 0 Å². The quantitative estimate of drug-likeness (QED) is 0.505. The minimum Gasteiger partial charge on any atom is -0.233 e. The Labute approximate surface area is 75.1 Å². The van der Waals surface area contributed by atoms with E-state index in [0.717, 1.165) is 26.2 Å². The van der Waals surface area contributed by atoms with Crippen molar-refractivity contribution in [2.45, 2.75) is 13.8 Å². The van der Waals surface area contributed by atoms with Crippen LogP contribution in [0.4, 0.5) is 0 Å². The molecule has 2 nitrogen and oxygen atoms in total. The SMILES string of the molecule is C=C1CN2CC=CCN2C1.CC. The molecule has 0 atom stereocenters. The predicted molar refractivity (Wildman–Crippen MR) is 52.8 cm³/mol. The average Bonchev–Trinajstić information content (AvgIpc) is 2.48. The van der Waals surface area contributed by atoms with Crippen LogP contribution in [0.1, 0.15) is 13.8 Å². The maximum absolute atomic E-state index is 3.97. The highest BCUT2D eigenvalue weighted by Crippen LogP contribution is 2.15. The van der Waals surface area contributed by atoms with E-state index < -0.39 is 0 Å². The lowest BCUT2D eigenvalue weighted by molar-refractivity contribution is 0.0449. The highest BCUT2D eigenvalue weighted by atomic mass is 15.6. The van der Waals surface area contributed by atoms with Gasteiger partial charge in [-0.15, -0.1) is 0 Å². The minimum absolute atomic E-state index is 1.06. The second-order valence-electron chi connectivity index (χ2n) is 2.92. The van der Waals surface area contributed by atoms with Crippen molar-refractivity contribution in [1.29, 1.82) is 0 Å². The number of nitrogens with zero attached hydrogens (tertiary/aromatic N) is 2. The minimum atomic E-state index is 1.06. The number of fused-ring (bicyclic) bond motifs is 1. The predicted octanol–water partition coefficient (Wildman–Crippen LogP) is 1.67. The Bertz CT molecular complexity index is 166. The first-order valence-electron chi connectivity index (χ1n) is 4.68. The first-order chi connectivity index (χ1) is 5.86. The zero-order valence-electron chi connectivity index (χ0n) is 8.08. The van der Waals surface area contributed by atoms with Crippen LogP contribution in [0.25, 0.3) is 0 Å². The van der Waals surface area contributed by atoms with Crippen molar-refractivity contribution in [3.8, 4) is 0 Å². The Hall–Kier alpha value is -0.600. The fraction of sp³-hybridized carbons (Fsp3) is 0.600. The Morgan fingerprint density at radius 3 is 1.92 bits per heavy atom. The fourth-order valence-corrected chi connectivity index (χ4v) is 1.52. The van der Waals surface area contributed by atoms with Gasteiger partial charge in [-0.3, -0.25) is 0 Å². The van der Waals surface area contributed by atoms with Crippen molar-refractivity contribution in [2.24, 2.45) is 0 Å². The highest BCUT2D eigenvalue weighted by Gasteiger charge is 2.23. The van der Waals surface area contributed by atoms with Gasteiger partial charge in [0.2, 0.25) is 0 Å². The van der Waals surface area contributed by atoms with Gasteiger partial charge < -0.3 is 0 Å². The lowest BCUT2D eigenvalue weighted by Gasteiger charge is -2.27. The molecule has 0 unspecified atom stereocenters. The van der Waals surface area contributed by atoms with E-state index in [4.69, 9.17) is 0 Å². The summed E-state index contributed by atoms with van der Waals surface area (Å²) < 4.78 is 0. The molecule has 2 aliphatic rings. The summed E-state index contributed by atoms with van der Waals surface area (Å²) in [6.07, 6.45) is 4.43. The van der Waals surface area contributed by atoms with Gasteiger partial charge in [0.05, 0.1) is 0 Å². The van der Waals surface area contributed by atoms with E-state index in [1.807, 2.05) is 13.8 Å². The van der Waals surface area contributed by atoms with Crippen molar-refractivity contribution >= 4 is 0 Å². The largest absolute Gasteiger partial charge is 0.233 e. The average molecular weight is 166 g/mol. The van der Waals surface area contributed by atoms with E-state index in [0.29, 0.717) is 0 Å². The van der Waals surface area contributed by atoms with Crippen LogP contribution in [0.5, 0.6) is 0 Å². The zero-order valence-corrected chi connectivity index (χ0v) is 8.08. The van der Waals surface area contributed by atoms with E-state index in [1.54, 1.807) is 0 Å². The van der Waals surface area contributed by atoms with Crippen LogP contribution in [0, 0.1) is 0 Å². The molecule has 0 aromatic heterocycles. The maximum atomic E-state index is 3.97. The molecular formula is C10H18N2. The Morgan fingerprint density at radius 1 is 1.08 bits per heavy atom. The third kappa shape index (κ3) is 1.96. The van der Waals surface area contributed by atoms with E-state index in [2.05, 4.69) is 28.7 Å². The summed E-state index contributed by atoms with van der Waals surface area (Å²) in [5.74, 6) is 0. The van der Waals surface area contributed by atoms with Crippen molar-refractivity contribution in [2.75, 3.05) is 26.2 Å². The molecule has 2 heteroatoms. The number of hydrogen-bond donors (Lipinski definition) is 0. The molecule has 2 aliphatic heterocycles. The summed E-state index contributed by atoms with van der Waals surface area (Å²) in [6, 6.07) is 0. The van der Waals surface area contributed by atoms with Crippen LogP contribution in [0.2, 0.25) is 0 Å². The molecule has 0 bridgehead atoms. The van der Waals surface area contributed by atoms with E-state index in [-0.39, 0.29) is 0 Å². The van der Waals surface area contributed by atoms with Crippen molar-refractivity contribution in [1.82, 2.24) is 10.0 Å². The van der Waals surface area contributed by atoms with Crippen LogP contribution < -0.4 is 0 Å². The number of rotatable bonds is 0. The molecule has 12 heavy (non-hydrogen) atoms. The smallest absolute Gasteiger partial charge is 0.0357 e.